The second-order valence-electron chi connectivity index (χ2n) is 2.62. The van der Waals surface area contributed by atoms with Gasteiger partial charge in [-0.3, -0.25) is 0 Å². The summed E-state index contributed by atoms with van der Waals surface area (Å²) < 4.78 is 3.79. The molecule has 4 heteroatoms. The molecule has 3 nitrogen and oxygen atoms in total. The number of nitrogens with zero attached hydrogens (tertiary/aromatic N) is 2. The first-order chi connectivity index (χ1) is 6.45. The smallest absolute Gasteiger partial charge is 0.0946 e. The molecule has 0 radical (unpaired) electrons. The van der Waals surface area contributed by atoms with Crippen molar-refractivity contribution in [2.24, 2.45) is 0 Å². The summed E-state index contributed by atoms with van der Waals surface area (Å²) in [6, 6.07) is 10.1. The minimum absolute atomic E-state index is 0.737. The van der Waals surface area contributed by atoms with Crippen molar-refractivity contribution in [3.8, 4) is 0 Å². The van der Waals surface area contributed by atoms with Crippen LogP contribution in [-0.4, -0.2) is 9.59 Å². The summed E-state index contributed by atoms with van der Waals surface area (Å²) in [6.07, 6.45) is 0. The quantitative estimate of drug-likeness (QED) is 0.807. The zero-order valence-electron chi connectivity index (χ0n) is 6.97. The van der Waals surface area contributed by atoms with Gasteiger partial charge in [0, 0.05) is 11.1 Å². The van der Waals surface area contributed by atoms with Crippen LogP contribution in [0.15, 0.2) is 35.7 Å². The monoisotopic (exact) mass is 191 g/mol. The molecule has 1 aromatic heterocycles. The van der Waals surface area contributed by atoms with E-state index in [0.29, 0.717) is 0 Å². The van der Waals surface area contributed by atoms with E-state index in [9.17, 15) is 0 Å². The number of nitrogens with one attached hydrogen (secondary N) is 1. The first-order valence-electron chi connectivity index (χ1n) is 4.00. The van der Waals surface area contributed by atoms with Gasteiger partial charge in [-0.25, -0.2) is 0 Å². The van der Waals surface area contributed by atoms with Gasteiger partial charge in [-0.1, -0.05) is 22.7 Å². The average Bonchev–Trinajstić information content (AvgIpc) is 2.69. The molecule has 0 aliphatic carbocycles. The minimum Gasteiger partial charge on any atom is -0.379 e. The fraction of sp³-hybridized carbons (Fsp3) is 0.111. The Hall–Kier alpha value is -1.42. The largest absolute Gasteiger partial charge is 0.379 e. The van der Waals surface area contributed by atoms with Crippen molar-refractivity contribution in [1.29, 1.82) is 0 Å². The van der Waals surface area contributed by atoms with Crippen molar-refractivity contribution in [1.82, 2.24) is 9.59 Å². The van der Waals surface area contributed by atoms with E-state index >= 15 is 0 Å². The third-order valence-electron chi connectivity index (χ3n) is 1.65. The Balaban J connectivity index is 1.94. The fourth-order valence-corrected chi connectivity index (χ4v) is 1.46. The second kappa shape index (κ2) is 4.00. The van der Waals surface area contributed by atoms with Gasteiger partial charge in [0.2, 0.25) is 0 Å². The molecular weight excluding hydrogens is 182 g/mol. The van der Waals surface area contributed by atoms with E-state index in [1.54, 1.807) is 0 Å². The number of aromatic nitrogens is 2. The number of hydrogen-bond acceptors (Lipinski definition) is 4. The summed E-state index contributed by atoms with van der Waals surface area (Å²) in [7, 11) is 0. The van der Waals surface area contributed by atoms with E-state index in [-0.39, 0.29) is 0 Å². The fourth-order valence-electron chi connectivity index (χ4n) is 1.01. The molecule has 66 valence electrons. The van der Waals surface area contributed by atoms with Crippen LogP contribution in [0.4, 0.5) is 5.69 Å². The first kappa shape index (κ1) is 8.19. The van der Waals surface area contributed by atoms with Gasteiger partial charge in [0.15, 0.2) is 0 Å². The Morgan fingerprint density at radius 2 is 2.08 bits per heavy atom. The van der Waals surface area contributed by atoms with Gasteiger partial charge in [-0.2, -0.15) is 0 Å². The summed E-state index contributed by atoms with van der Waals surface area (Å²) in [5.41, 5.74) is 2.09. The van der Waals surface area contributed by atoms with Crippen LogP contribution in [0, 0.1) is 0 Å². The van der Waals surface area contributed by atoms with E-state index in [0.717, 1.165) is 17.9 Å². The molecule has 0 unspecified atom stereocenters. The Morgan fingerprint density at radius 1 is 1.23 bits per heavy atom. The molecule has 1 heterocycles. The number of rotatable bonds is 3. The number of benzene rings is 1. The maximum Gasteiger partial charge on any atom is 0.0946 e. The Bertz CT molecular complexity index is 344. The highest BCUT2D eigenvalue weighted by molar-refractivity contribution is 7.03. The van der Waals surface area contributed by atoms with Crippen LogP contribution in [0.5, 0.6) is 0 Å². The predicted octanol–water partition coefficient (Wildman–Crippen LogP) is 2.15. The molecule has 0 spiro atoms. The van der Waals surface area contributed by atoms with Crippen LogP contribution in [-0.2, 0) is 6.54 Å². The van der Waals surface area contributed by atoms with Crippen molar-refractivity contribution in [3.05, 3.63) is 41.4 Å². The molecule has 1 aromatic carbocycles. The van der Waals surface area contributed by atoms with Gasteiger partial charge >= 0.3 is 0 Å². The predicted molar refractivity (Wildman–Crippen MR) is 53.7 cm³/mol. The highest BCUT2D eigenvalue weighted by Gasteiger charge is 1.94. The standard InChI is InChI=1S/C9H9N3S/c1-2-4-8(5-3-1)10-6-9-7-13-12-11-9/h1-5,7,10H,6H2. The molecule has 0 fully saturated rings. The molecule has 2 rings (SSSR count). The van der Waals surface area contributed by atoms with E-state index in [1.165, 1.54) is 11.5 Å². The van der Waals surface area contributed by atoms with Crippen LogP contribution in [0.2, 0.25) is 0 Å². The molecule has 0 amide bonds. The summed E-state index contributed by atoms with van der Waals surface area (Å²) in [5, 5.41) is 9.13. The molecule has 2 aromatic rings. The van der Waals surface area contributed by atoms with Gasteiger partial charge < -0.3 is 5.32 Å². The van der Waals surface area contributed by atoms with Gasteiger partial charge in [0.05, 0.1) is 12.2 Å². The maximum atomic E-state index is 3.94. The van der Waals surface area contributed by atoms with Crippen LogP contribution in [0.1, 0.15) is 5.69 Å². The molecule has 13 heavy (non-hydrogen) atoms. The van der Waals surface area contributed by atoms with Gasteiger partial charge in [-0.15, -0.1) is 5.10 Å². The van der Waals surface area contributed by atoms with Gasteiger partial charge in [0.25, 0.3) is 0 Å². The lowest BCUT2D eigenvalue weighted by Crippen LogP contribution is -1.98. The molecule has 0 atom stereocenters. The van der Waals surface area contributed by atoms with Gasteiger partial charge in [-0.05, 0) is 23.7 Å². The van der Waals surface area contributed by atoms with Gasteiger partial charge in [0.1, 0.15) is 0 Å². The van der Waals surface area contributed by atoms with E-state index in [1.807, 2.05) is 35.7 Å². The van der Waals surface area contributed by atoms with Crippen LogP contribution in [0.25, 0.3) is 0 Å². The van der Waals surface area contributed by atoms with Crippen molar-refractivity contribution < 1.29 is 0 Å². The zero-order valence-corrected chi connectivity index (χ0v) is 7.79. The first-order valence-corrected chi connectivity index (χ1v) is 4.83. The highest BCUT2D eigenvalue weighted by atomic mass is 32.1. The minimum atomic E-state index is 0.737. The molecule has 1 N–H and O–H groups in total. The van der Waals surface area contributed by atoms with Crippen molar-refractivity contribution in [2.45, 2.75) is 6.54 Å². The number of anilines is 1. The Morgan fingerprint density at radius 3 is 2.77 bits per heavy atom. The molecule has 0 aliphatic rings. The normalized spacial score (nSPS) is 9.85. The molecule has 0 aliphatic heterocycles. The van der Waals surface area contributed by atoms with E-state index in [4.69, 9.17) is 0 Å². The molecular formula is C9H9N3S. The SMILES string of the molecule is c1ccc(NCc2csnn2)cc1. The highest BCUT2D eigenvalue weighted by Crippen LogP contribution is 2.07. The number of hydrogen-bond donors (Lipinski definition) is 1. The summed E-state index contributed by atoms with van der Waals surface area (Å²) >= 11 is 1.37. The third kappa shape index (κ3) is 2.26. The average molecular weight is 191 g/mol. The van der Waals surface area contributed by atoms with Crippen molar-refractivity contribution in [2.75, 3.05) is 5.32 Å². The summed E-state index contributed by atoms with van der Waals surface area (Å²) in [5.74, 6) is 0. The zero-order chi connectivity index (χ0) is 8.93. The Kier molecular flexibility index (Phi) is 2.52. The maximum absolute atomic E-state index is 3.94. The lowest BCUT2D eigenvalue weighted by atomic mass is 10.3. The van der Waals surface area contributed by atoms with Crippen LogP contribution in [0.3, 0.4) is 0 Å². The van der Waals surface area contributed by atoms with E-state index in [2.05, 4.69) is 14.9 Å². The lowest BCUT2D eigenvalue weighted by Gasteiger charge is -2.01. The summed E-state index contributed by atoms with van der Waals surface area (Å²) in [4.78, 5) is 0. The second-order valence-corrected chi connectivity index (χ2v) is 3.23. The topological polar surface area (TPSA) is 37.8 Å². The molecule has 0 saturated carbocycles. The van der Waals surface area contributed by atoms with Crippen molar-refractivity contribution >= 4 is 17.2 Å². The number of para-hydroxylation sites is 1. The third-order valence-corrected chi connectivity index (χ3v) is 2.21. The molecule has 0 saturated heterocycles. The molecule has 0 bridgehead atoms. The lowest BCUT2D eigenvalue weighted by molar-refractivity contribution is 0.999. The Labute approximate surface area is 80.6 Å². The van der Waals surface area contributed by atoms with E-state index < -0.39 is 0 Å². The van der Waals surface area contributed by atoms with Crippen LogP contribution >= 0.6 is 11.5 Å². The summed E-state index contributed by atoms with van der Waals surface area (Å²) in [6.45, 7) is 0.737. The van der Waals surface area contributed by atoms with Crippen LogP contribution < -0.4 is 5.32 Å². The van der Waals surface area contributed by atoms with Crippen molar-refractivity contribution in [3.63, 3.8) is 0 Å².